The molecule has 1 aromatic rings. The van der Waals surface area contributed by atoms with E-state index in [0.29, 0.717) is 40.9 Å². The zero-order chi connectivity index (χ0) is 27.1. The summed E-state index contributed by atoms with van der Waals surface area (Å²) in [5.74, 6) is 5.80. The molecule has 0 saturated heterocycles. The number of aromatic hydroxyl groups is 1. The van der Waals surface area contributed by atoms with E-state index < -0.39 is 22.4 Å². The van der Waals surface area contributed by atoms with Gasteiger partial charge in [-0.2, -0.15) is 0 Å². The molecular weight excluding hydrogens is 512 g/mol. The van der Waals surface area contributed by atoms with Gasteiger partial charge in [-0.05, 0) is 117 Å². The number of hydrogen-bond acceptors (Lipinski definition) is 4. The maximum atomic E-state index is 12.4. The molecule has 216 valence electrons. The predicted molar refractivity (Wildman–Crippen MR) is 161 cm³/mol. The fourth-order valence-electron chi connectivity index (χ4n) is 8.15. The second-order valence-electron chi connectivity index (χ2n) is 12.7. The third kappa shape index (κ3) is 7.46. The van der Waals surface area contributed by atoms with E-state index in [1.54, 1.807) is 0 Å². The summed E-state index contributed by atoms with van der Waals surface area (Å²) in [7, 11) is 0. The molecule has 3 unspecified atom stereocenters. The Hall–Kier alpha value is -0.400. The van der Waals surface area contributed by atoms with Gasteiger partial charge in [-0.15, -0.1) is 0 Å². The van der Waals surface area contributed by atoms with Crippen molar-refractivity contribution in [3.63, 3.8) is 0 Å². The molecule has 1 aromatic carbocycles. The van der Waals surface area contributed by atoms with Crippen LogP contribution in [0.15, 0.2) is 18.2 Å². The van der Waals surface area contributed by atoms with Crippen LogP contribution >= 0.6 is 0 Å². The van der Waals surface area contributed by atoms with E-state index in [0.717, 1.165) is 82.1 Å². The lowest BCUT2D eigenvalue weighted by molar-refractivity contribution is -0.0396. The molecule has 0 bridgehead atoms. The van der Waals surface area contributed by atoms with Gasteiger partial charge in [-0.1, -0.05) is 61.5 Å². The first kappa shape index (κ1) is 30.6. The number of aliphatic hydroxyl groups excluding tert-OH is 1. The lowest BCUT2D eigenvalue weighted by Crippen LogP contribution is -2.47. The molecule has 0 spiro atoms. The van der Waals surface area contributed by atoms with E-state index in [1.807, 2.05) is 12.1 Å². The van der Waals surface area contributed by atoms with E-state index in [9.17, 15) is 19.3 Å². The second kappa shape index (κ2) is 14.5. The first-order chi connectivity index (χ1) is 18.3. The summed E-state index contributed by atoms with van der Waals surface area (Å²) in [5.41, 5.74) is 2.87. The number of hydrogen-bond donors (Lipinski definition) is 2. The standard InChI is InChI=1S/C32H52O4S2/c1-3-4-8-18-37(35)20-10-21-38(36)19-9-6-5-7-11-24-22-25-23-26(33)12-13-27(25)28-16-17-32(2)29(31(24)28)14-15-30(32)34/h12-13,23-24,28-31,33-34H,3-11,14-22H2,1-2H3/t24?,28-,29+,30+,31-,32+,37?,38?/m1/s1. The number of rotatable bonds is 15. The van der Waals surface area contributed by atoms with E-state index in [4.69, 9.17) is 0 Å². The molecule has 2 fully saturated rings. The molecule has 8 atom stereocenters. The van der Waals surface area contributed by atoms with Gasteiger partial charge in [-0.25, -0.2) is 0 Å². The minimum atomic E-state index is -0.779. The maximum Gasteiger partial charge on any atom is 0.115 e. The number of phenolic OH excluding ortho intramolecular Hbond substituents is 1. The zero-order valence-electron chi connectivity index (χ0n) is 23.9. The summed E-state index contributed by atoms with van der Waals surface area (Å²) in [4.78, 5) is 0. The highest BCUT2D eigenvalue weighted by Gasteiger charge is 2.56. The minimum Gasteiger partial charge on any atom is -0.616 e. The molecule has 0 heterocycles. The lowest BCUT2D eigenvalue weighted by Gasteiger charge is -2.53. The van der Waals surface area contributed by atoms with Crippen molar-refractivity contribution >= 4 is 22.4 Å². The number of benzene rings is 1. The van der Waals surface area contributed by atoms with Crippen molar-refractivity contribution in [2.75, 3.05) is 23.0 Å². The number of phenols is 1. The Morgan fingerprint density at radius 1 is 0.895 bits per heavy atom. The van der Waals surface area contributed by atoms with Crippen LogP contribution < -0.4 is 0 Å². The van der Waals surface area contributed by atoms with Gasteiger partial charge in [0.2, 0.25) is 0 Å². The molecular formula is C32H52O4S2. The van der Waals surface area contributed by atoms with Gasteiger partial charge >= 0.3 is 0 Å². The van der Waals surface area contributed by atoms with E-state index >= 15 is 0 Å². The van der Waals surface area contributed by atoms with Crippen LogP contribution in [0.5, 0.6) is 5.75 Å². The van der Waals surface area contributed by atoms with Gasteiger partial charge in [-0.3, -0.25) is 0 Å². The fourth-order valence-corrected chi connectivity index (χ4v) is 10.7. The Kier molecular flexibility index (Phi) is 11.6. The molecule has 0 aliphatic heterocycles. The molecule has 0 amide bonds. The van der Waals surface area contributed by atoms with Gasteiger partial charge in [0.1, 0.15) is 28.8 Å². The lowest BCUT2D eigenvalue weighted by atomic mass is 9.52. The van der Waals surface area contributed by atoms with Gasteiger partial charge < -0.3 is 19.3 Å². The van der Waals surface area contributed by atoms with Crippen molar-refractivity contribution in [2.24, 2.45) is 23.2 Å². The average Bonchev–Trinajstić information content (AvgIpc) is 3.20. The van der Waals surface area contributed by atoms with Crippen LogP contribution in [0.2, 0.25) is 0 Å². The highest BCUT2D eigenvalue weighted by Crippen LogP contribution is 2.62. The Morgan fingerprint density at radius 3 is 2.32 bits per heavy atom. The first-order valence-electron chi connectivity index (χ1n) is 15.5. The molecule has 2 N–H and O–H groups in total. The number of aliphatic hydroxyl groups is 1. The fraction of sp³-hybridized carbons (Fsp3) is 0.812. The number of unbranched alkanes of at least 4 members (excludes halogenated alkanes) is 5. The molecule has 6 heteroatoms. The molecule has 3 aliphatic rings. The first-order valence-corrected chi connectivity index (χ1v) is 18.5. The summed E-state index contributed by atoms with van der Waals surface area (Å²) in [6.07, 6.45) is 15.2. The van der Waals surface area contributed by atoms with Crippen LogP contribution in [-0.4, -0.2) is 48.4 Å². The van der Waals surface area contributed by atoms with Crippen LogP contribution in [0.3, 0.4) is 0 Å². The van der Waals surface area contributed by atoms with Crippen molar-refractivity contribution in [1.82, 2.24) is 0 Å². The summed E-state index contributed by atoms with van der Waals surface area (Å²) in [6.45, 7) is 4.51. The Morgan fingerprint density at radius 2 is 1.58 bits per heavy atom. The van der Waals surface area contributed by atoms with Crippen LogP contribution in [-0.2, 0) is 28.8 Å². The van der Waals surface area contributed by atoms with Crippen molar-refractivity contribution < 1.29 is 19.3 Å². The van der Waals surface area contributed by atoms with Crippen LogP contribution in [0.1, 0.15) is 114 Å². The third-order valence-electron chi connectivity index (χ3n) is 10.3. The van der Waals surface area contributed by atoms with Crippen LogP contribution in [0, 0.1) is 23.2 Å². The quantitative estimate of drug-likeness (QED) is 0.180. The van der Waals surface area contributed by atoms with Gasteiger partial charge in [0, 0.05) is 6.42 Å². The highest BCUT2D eigenvalue weighted by atomic mass is 32.2. The Labute approximate surface area is 238 Å². The molecule has 4 rings (SSSR count). The molecule has 2 saturated carbocycles. The second-order valence-corrected chi connectivity index (χ2v) is 16.1. The Balaban J connectivity index is 1.21. The summed E-state index contributed by atoms with van der Waals surface area (Å²) in [6, 6.07) is 6.05. The monoisotopic (exact) mass is 564 g/mol. The largest absolute Gasteiger partial charge is 0.616 e. The maximum absolute atomic E-state index is 12.4. The van der Waals surface area contributed by atoms with Crippen molar-refractivity contribution in [3.05, 3.63) is 29.3 Å². The van der Waals surface area contributed by atoms with Crippen LogP contribution in [0.25, 0.3) is 0 Å². The molecule has 0 aromatic heterocycles. The van der Waals surface area contributed by atoms with Crippen molar-refractivity contribution in [2.45, 2.75) is 116 Å². The van der Waals surface area contributed by atoms with Gasteiger partial charge in [0.05, 0.1) is 6.10 Å². The third-order valence-corrected chi connectivity index (χ3v) is 13.2. The normalized spacial score (nSPS) is 31.9. The van der Waals surface area contributed by atoms with Gasteiger partial charge in [0.15, 0.2) is 0 Å². The topological polar surface area (TPSA) is 86.6 Å². The smallest absolute Gasteiger partial charge is 0.115 e. The summed E-state index contributed by atoms with van der Waals surface area (Å²) >= 11 is -1.52. The molecule has 0 radical (unpaired) electrons. The minimum absolute atomic E-state index is 0.0695. The van der Waals surface area contributed by atoms with E-state index in [2.05, 4.69) is 19.9 Å². The van der Waals surface area contributed by atoms with Gasteiger partial charge in [0.25, 0.3) is 0 Å². The summed E-state index contributed by atoms with van der Waals surface area (Å²) < 4.78 is 24.4. The molecule has 38 heavy (non-hydrogen) atoms. The summed E-state index contributed by atoms with van der Waals surface area (Å²) in [5, 5.41) is 21.0. The van der Waals surface area contributed by atoms with Crippen molar-refractivity contribution in [1.29, 1.82) is 0 Å². The molecule has 3 aliphatic carbocycles. The molecule has 4 nitrogen and oxygen atoms in total. The predicted octanol–water partition coefficient (Wildman–Crippen LogP) is 6.86. The SMILES string of the molecule is CCCCC[S+]([O-])CCC[S+]([O-])CCCCCCC1Cc2cc(O)ccc2[C@H]2CC[C@]3(C)[C@@H](O)CC[C@H]3[C@H]12. The Bertz CT molecular complexity index is 866. The van der Waals surface area contributed by atoms with E-state index in [1.165, 1.54) is 30.4 Å². The van der Waals surface area contributed by atoms with Crippen molar-refractivity contribution in [3.8, 4) is 5.75 Å². The van der Waals surface area contributed by atoms with Crippen LogP contribution in [0.4, 0.5) is 0 Å². The highest BCUT2D eigenvalue weighted by molar-refractivity contribution is 7.92. The zero-order valence-corrected chi connectivity index (χ0v) is 25.5. The number of fused-ring (bicyclic) bond motifs is 5. The van der Waals surface area contributed by atoms with E-state index in [-0.39, 0.29) is 11.5 Å². The average molecular weight is 565 g/mol.